The highest BCUT2D eigenvalue weighted by molar-refractivity contribution is 8.00. The van der Waals surface area contributed by atoms with Gasteiger partial charge in [0, 0.05) is 5.56 Å². The number of nitrogens with zero attached hydrogens (tertiary/aromatic N) is 2. The van der Waals surface area contributed by atoms with E-state index < -0.39 is 5.25 Å². The molecule has 0 bridgehead atoms. The molecule has 1 atom stereocenters. The van der Waals surface area contributed by atoms with E-state index in [1.165, 1.54) is 7.11 Å². The lowest BCUT2D eigenvalue weighted by Gasteiger charge is -2.16. The SMILES string of the molecule is CCOc1cc(-c2nnc(SC(C)C(=O)OC)o2)cc(OCC)c1OCC. The molecule has 0 saturated heterocycles. The number of thioether (sulfide) groups is 1. The van der Waals surface area contributed by atoms with Crippen molar-refractivity contribution in [3.63, 3.8) is 0 Å². The van der Waals surface area contributed by atoms with Crippen LogP contribution in [0.25, 0.3) is 11.5 Å². The van der Waals surface area contributed by atoms with Gasteiger partial charge < -0.3 is 23.4 Å². The van der Waals surface area contributed by atoms with Crippen molar-refractivity contribution in [1.29, 1.82) is 0 Å². The van der Waals surface area contributed by atoms with Crippen LogP contribution >= 0.6 is 11.8 Å². The molecule has 148 valence electrons. The molecule has 9 heteroatoms. The highest BCUT2D eigenvalue weighted by Crippen LogP contribution is 2.42. The third-order valence-electron chi connectivity index (χ3n) is 3.37. The predicted molar refractivity (Wildman–Crippen MR) is 101 cm³/mol. The number of carbonyl (C=O) groups excluding carboxylic acids is 1. The topological polar surface area (TPSA) is 92.9 Å². The van der Waals surface area contributed by atoms with Gasteiger partial charge in [0.2, 0.25) is 11.6 Å². The maximum atomic E-state index is 11.5. The van der Waals surface area contributed by atoms with E-state index in [0.717, 1.165) is 11.8 Å². The number of ether oxygens (including phenoxy) is 4. The van der Waals surface area contributed by atoms with Gasteiger partial charge in [0.05, 0.1) is 26.9 Å². The number of carbonyl (C=O) groups is 1. The number of methoxy groups -OCH3 is 1. The Kier molecular flexibility index (Phi) is 7.78. The molecular formula is C18H24N2O6S. The zero-order valence-corrected chi connectivity index (χ0v) is 16.9. The fraction of sp³-hybridized carbons (Fsp3) is 0.500. The van der Waals surface area contributed by atoms with E-state index in [2.05, 4.69) is 10.2 Å². The first-order valence-electron chi connectivity index (χ1n) is 8.68. The molecule has 1 unspecified atom stereocenters. The maximum Gasteiger partial charge on any atom is 0.319 e. The minimum atomic E-state index is -0.457. The Balaban J connectivity index is 2.36. The Morgan fingerprint density at radius 1 is 1.07 bits per heavy atom. The van der Waals surface area contributed by atoms with E-state index in [0.29, 0.717) is 48.5 Å². The first-order chi connectivity index (χ1) is 13.0. The molecule has 1 aromatic heterocycles. The van der Waals surface area contributed by atoms with Crippen LogP contribution in [-0.2, 0) is 9.53 Å². The zero-order valence-electron chi connectivity index (χ0n) is 16.1. The van der Waals surface area contributed by atoms with Gasteiger partial charge in [0.1, 0.15) is 5.25 Å². The lowest BCUT2D eigenvalue weighted by molar-refractivity contribution is -0.139. The quantitative estimate of drug-likeness (QED) is 0.441. The second-order valence-electron chi connectivity index (χ2n) is 5.26. The van der Waals surface area contributed by atoms with Crippen LogP contribution in [0.3, 0.4) is 0 Å². The monoisotopic (exact) mass is 396 g/mol. The number of aromatic nitrogens is 2. The minimum absolute atomic E-state index is 0.271. The van der Waals surface area contributed by atoms with Gasteiger partial charge in [-0.05, 0) is 39.8 Å². The maximum absolute atomic E-state index is 11.5. The average molecular weight is 396 g/mol. The summed E-state index contributed by atoms with van der Waals surface area (Å²) >= 11 is 1.13. The molecule has 0 aliphatic rings. The third kappa shape index (κ3) is 5.29. The summed E-state index contributed by atoms with van der Waals surface area (Å²) in [6, 6.07) is 3.53. The Morgan fingerprint density at radius 3 is 2.19 bits per heavy atom. The van der Waals surface area contributed by atoms with Crippen molar-refractivity contribution in [3.05, 3.63) is 12.1 Å². The second-order valence-corrected chi connectivity index (χ2v) is 6.55. The second kappa shape index (κ2) is 10.1. The number of rotatable bonds is 10. The molecule has 0 N–H and O–H groups in total. The minimum Gasteiger partial charge on any atom is -0.490 e. The number of benzene rings is 1. The molecule has 0 fully saturated rings. The van der Waals surface area contributed by atoms with Gasteiger partial charge in [0.25, 0.3) is 5.22 Å². The molecule has 1 heterocycles. The highest BCUT2D eigenvalue weighted by atomic mass is 32.2. The van der Waals surface area contributed by atoms with Crippen molar-refractivity contribution in [2.24, 2.45) is 0 Å². The van der Waals surface area contributed by atoms with Crippen molar-refractivity contribution in [2.75, 3.05) is 26.9 Å². The van der Waals surface area contributed by atoms with Gasteiger partial charge in [-0.3, -0.25) is 4.79 Å². The summed E-state index contributed by atoms with van der Waals surface area (Å²) in [6.07, 6.45) is 0. The molecule has 0 amide bonds. The van der Waals surface area contributed by atoms with Crippen molar-refractivity contribution in [1.82, 2.24) is 10.2 Å². The van der Waals surface area contributed by atoms with Crippen LogP contribution in [0.5, 0.6) is 17.2 Å². The van der Waals surface area contributed by atoms with E-state index in [1.807, 2.05) is 20.8 Å². The average Bonchev–Trinajstić information content (AvgIpc) is 3.12. The van der Waals surface area contributed by atoms with E-state index in [1.54, 1.807) is 19.1 Å². The Hall–Kier alpha value is -2.42. The van der Waals surface area contributed by atoms with Crippen molar-refractivity contribution >= 4 is 17.7 Å². The van der Waals surface area contributed by atoms with Gasteiger partial charge in [0.15, 0.2) is 11.5 Å². The van der Waals surface area contributed by atoms with Crippen molar-refractivity contribution in [2.45, 2.75) is 38.2 Å². The summed E-state index contributed by atoms with van der Waals surface area (Å²) in [6.45, 7) is 8.79. The molecule has 0 spiro atoms. The first kappa shape index (κ1) is 20.9. The van der Waals surface area contributed by atoms with Gasteiger partial charge in [-0.2, -0.15) is 0 Å². The van der Waals surface area contributed by atoms with Crippen LogP contribution in [0.2, 0.25) is 0 Å². The van der Waals surface area contributed by atoms with Gasteiger partial charge in [-0.25, -0.2) is 0 Å². The van der Waals surface area contributed by atoms with Crippen LogP contribution in [0, 0.1) is 0 Å². The summed E-state index contributed by atoms with van der Waals surface area (Å²) in [4.78, 5) is 11.5. The molecule has 2 aromatic rings. The van der Waals surface area contributed by atoms with Crippen LogP contribution < -0.4 is 14.2 Å². The molecule has 2 rings (SSSR count). The summed E-state index contributed by atoms with van der Waals surface area (Å²) < 4.78 is 27.5. The highest BCUT2D eigenvalue weighted by Gasteiger charge is 2.21. The molecule has 1 aromatic carbocycles. The predicted octanol–water partition coefficient (Wildman–Crippen LogP) is 3.59. The molecule has 0 radical (unpaired) electrons. The molecule has 8 nitrogen and oxygen atoms in total. The normalized spacial score (nSPS) is 11.7. The summed E-state index contributed by atoms with van der Waals surface area (Å²) in [7, 11) is 1.34. The van der Waals surface area contributed by atoms with E-state index in [4.69, 9.17) is 23.4 Å². The molecular weight excluding hydrogens is 372 g/mol. The van der Waals surface area contributed by atoms with Crippen LogP contribution in [0.15, 0.2) is 21.8 Å². The van der Waals surface area contributed by atoms with Crippen LogP contribution in [0.1, 0.15) is 27.7 Å². The van der Waals surface area contributed by atoms with Gasteiger partial charge in [-0.15, -0.1) is 10.2 Å². The number of hydrogen-bond donors (Lipinski definition) is 0. The lowest BCUT2D eigenvalue weighted by atomic mass is 10.2. The summed E-state index contributed by atoms with van der Waals surface area (Å²) in [5.74, 6) is 1.54. The summed E-state index contributed by atoms with van der Waals surface area (Å²) in [5, 5.41) is 7.86. The molecule has 0 aliphatic carbocycles. The Labute approximate surface area is 162 Å². The standard InChI is InChI=1S/C18H24N2O6S/c1-6-23-13-9-12(10-14(24-7-2)15(13)25-8-3)16-19-20-18(26-16)27-11(4)17(21)22-5/h9-11H,6-8H2,1-5H3. The number of hydrogen-bond acceptors (Lipinski definition) is 9. The van der Waals surface area contributed by atoms with E-state index >= 15 is 0 Å². The van der Waals surface area contributed by atoms with E-state index in [9.17, 15) is 4.79 Å². The lowest BCUT2D eigenvalue weighted by Crippen LogP contribution is -2.14. The van der Waals surface area contributed by atoms with Crippen LogP contribution in [0.4, 0.5) is 0 Å². The number of esters is 1. The molecule has 27 heavy (non-hydrogen) atoms. The van der Waals surface area contributed by atoms with Crippen molar-refractivity contribution < 1.29 is 28.2 Å². The van der Waals surface area contributed by atoms with E-state index in [-0.39, 0.29) is 11.2 Å². The smallest absolute Gasteiger partial charge is 0.319 e. The van der Waals surface area contributed by atoms with Crippen LogP contribution in [-0.4, -0.2) is 48.3 Å². The van der Waals surface area contributed by atoms with Gasteiger partial charge in [-0.1, -0.05) is 11.8 Å². The molecule has 0 saturated carbocycles. The Bertz CT molecular complexity index is 737. The third-order valence-corrected chi connectivity index (χ3v) is 4.29. The molecule has 0 aliphatic heterocycles. The Morgan fingerprint density at radius 2 is 1.67 bits per heavy atom. The largest absolute Gasteiger partial charge is 0.490 e. The zero-order chi connectivity index (χ0) is 19.8. The first-order valence-corrected chi connectivity index (χ1v) is 9.56. The fourth-order valence-corrected chi connectivity index (χ4v) is 2.96. The van der Waals surface area contributed by atoms with Crippen molar-refractivity contribution in [3.8, 4) is 28.7 Å². The fourth-order valence-electron chi connectivity index (χ4n) is 2.25. The van der Waals surface area contributed by atoms with Gasteiger partial charge >= 0.3 is 5.97 Å². The summed E-state index contributed by atoms with van der Waals surface area (Å²) in [5.41, 5.74) is 0.635.